The molecule has 0 radical (unpaired) electrons. The van der Waals surface area contributed by atoms with Crippen LogP contribution in [0, 0.1) is 0 Å². The Morgan fingerprint density at radius 3 is 2.34 bits per heavy atom. The number of thiazole rings is 1. The molecule has 0 fully saturated rings. The van der Waals surface area contributed by atoms with Crippen molar-refractivity contribution >= 4 is 23.4 Å². The van der Waals surface area contributed by atoms with Crippen LogP contribution in [0.4, 0.5) is 0 Å². The topological polar surface area (TPSA) is 69.9 Å². The number of carbonyl (C=O) groups is 1. The summed E-state index contributed by atoms with van der Waals surface area (Å²) in [6.07, 6.45) is 1.88. The fourth-order valence-corrected chi connectivity index (χ4v) is 5.17. The highest BCUT2D eigenvalue weighted by Gasteiger charge is 2.33. The maximum atomic E-state index is 13.7. The van der Waals surface area contributed by atoms with Crippen molar-refractivity contribution in [2.75, 3.05) is 13.7 Å². The third-order valence-corrected chi connectivity index (χ3v) is 7.01. The number of allylic oxidation sites excluding steroid dienone is 1. The van der Waals surface area contributed by atoms with E-state index in [0.29, 0.717) is 26.4 Å². The van der Waals surface area contributed by atoms with Crippen LogP contribution in [0.2, 0.25) is 0 Å². The summed E-state index contributed by atoms with van der Waals surface area (Å²) in [5.41, 5.74) is 3.72. The summed E-state index contributed by atoms with van der Waals surface area (Å²) in [5.74, 6) is 0.222. The van der Waals surface area contributed by atoms with Gasteiger partial charge in [0.1, 0.15) is 5.75 Å². The molecule has 7 heteroatoms. The second-order valence-electron chi connectivity index (χ2n) is 9.45. The van der Waals surface area contributed by atoms with Gasteiger partial charge in [0.05, 0.1) is 35.6 Å². The van der Waals surface area contributed by atoms with Gasteiger partial charge in [-0.15, -0.1) is 0 Å². The van der Waals surface area contributed by atoms with Gasteiger partial charge in [0.25, 0.3) is 5.56 Å². The van der Waals surface area contributed by atoms with E-state index in [1.54, 1.807) is 25.5 Å². The molecule has 1 aliphatic rings. The molecule has 0 amide bonds. The lowest BCUT2D eigenvalue weighted by atomic mass is 9.87. The summed E-state index contributed by atoms with van der Waals surface area (Å²) in [5, 5.41) is 0. The molecule has 182 valence electrons. The van der Waals surface area contributed by atoms with Crippen LogP contribution < -0.4 is 19.6 Å². The summed E-state index contributed by atoms with van der Waals surface area (Å²) in [7, 11) is 1.60. The van der Waals surface area contributed by atoms with E-state index in [2.05, 4.69) is 37.9 Å². The van der Waals surface area contributed by atoms with Crippen LogP contribution in [0.1, 0.15) is 57.4 Å². The molecule has 0 aliphatic carbocycles. The fraction of sp³-hybridized carbons (Fsp3) is 0.321. The Kier molecular flexibility index (Phi) is 6.81. The molecule has 2 heterocycles. The van der Waals surface area contributed by atoms with Crippen molar-refractivity contribution in [2.45, 2.75) is 46.1 Å². The molecule has 35 heavy (non-hydrogen) atoms. The number of fused-ring (bicyclic) bond motifs is 1. The van der Waals surface area contributed by atoms with Crippen LogP contribution in [0.5, 0.6) is 5.75 Å². The summed E-state index contributed by atoms with van der Waals surface area (Å²) in [6.45, 7) is 10.3. The molecule has 0 saturated carbocycles. The molecule has 0 spiro atoms. The number of methoxy groups -OCH3 is 1. The lowest BCUT2D eigenvalue weighted by Gasteiger charge is -2.24. The second-order valence-corrected chi connectivity index (χ2v) is 10.5. The molecular weight excluding hydrogens is 460 g/mol. The Hall–Kier alpha value is -3.45. The number of hydrogen-bond donors (Lipinski definition) is 0. The van der Waals surface area contributed by atoms with Crippen LogP contribution in [0.3, 0.4) is 0 Å². The molecule has 4 rings (SSSR count). The smallest absolute Gasteiger partial charge is 0.338 e. The first-order valence-electron chi connectivity index (χ1n) is 11.6. The average Bonchev–Trinajstić information content (AvgIpc) is 3.12. The van der Waals surface area contributed by atoms with E-state index in [9.17, 15) is 9.59 Å². The average molecular weight is 491 g/mol. The molecule has 1 aromatic heterocycles. The standard InChI is InChI=1S/C28H30N2O4S/c1-7-34-26(32)23-17(2)29-27-30(24(23)19-10-14-21(33-6)15-11-19)25(31)22(35-27)16-18-8-12-20(13-9-18)28(3,4)5/h8-16,24H,7H2,1-6H3/b22-16+. The second kappa shape index (κ2) is 9.66. The third kappa shape index (κ3) is 4.86. The third-order valence-electron chi connectivity index (χ3n) is 6.02. The Labute approximate surface area is 208 Å². The molecule has 6 nitrogen and oxygen atoms in total. The van der Waals surface area contributed by atoms with Gasteiger partial charge >= 0.3 is 5.97 Å². The maximum Gasteiger partial charge on any atom is 0.338 e. The van der Waals surface area contributed by atoms with Crippen LogP contribution in [0.25, 0.3) is 6.08 Å². The van der Waals surface area contributed by atoms with Gasteiger partial charge in [-0.2, -0.15) is 0 Å². The van der Waals surface area contributed by atoms with Crippen LogP contribution in [-0.4, -0.2) is 24.3 Å². The van der Waals surface area contributed by atoms with Crippen molar-refractivity contribution in [2.24, 2.45) is 4.99 Å². The largest absolute Gasteiger partial charge is 0.497 e. The van der Waals surface area contributed by atoms with Gasteiger partial charge in [-0.05, 0) is 54.2 Å². The number of aromatic nitrogens is 1. The molecule has 1 unspecified atom stereocenters. The molecule has 1 atom stereocenters. The zero-order valence-electron chi connectivity index (χ0n) is 20.9. The SMILES string of the molecule is CCOC(=O)C1=C(C)N=c2s/c(=C/c3ccc(C(C)(C)C)cc3)c(=O)n2C1c1ccc(OC)cc1. The molecule has 0 N–H and O–H groups in total. The van der Waals surface area contributed by atoms with E-state index in [0.717, 1.165) is 11.1 Å². The van der Waals surface area contributed by atoms with Crippen molar-refractivity contribution in [1.82, 2.24) is 4.57 Å². The number of ether oxygens (including phenoxy) is 2. The van der Waals surface area contributed by atoms with Gasteiger partial charge in [-0.1, -0.05) is 68.5 Å². The van der Waals surface area contributed by atoms with Crippen LogP contribution in [0.15, 0.2) is 69.6 Å². The van der Waals surface area contributed by atoms with Crippen LogP contribution in [-0.2, 0) is 14.9 Å². The van der Waals surface area contributed by atoms with E-state index < -0.39 is 12.0 Å². The van der Waals surface area contributed by atoms with Gasteiger partial charge < -0.3 is 9.47 Å². The van der Waals surface area contributed by atoms with E-state index in [-0.39, 0.29) is 17.6 Å². The molecule has 3 aromatic rings. The number of hydrogen-bond acceptors (Lipinski definition) is 6. The lowest BCUT2D eigenvalue weighted by Crippen LogP contribution is -2.39. The first-order valence-corrected chi connectivity index (χ1v) is 12.4. The van der Waals surface area contributed by atoms with Gasteiger partial charge in [-0.3, -0.25) is 9.36 Å². The predicted octanol–water partition coefficient (Wildman–Crippen LogP) is 4.10. The Balaban J connectivity index is 1.88. The van der Waals surface area contributed by atoms with Crippen molar-refractivity contribution in [3.05, 3.63) is 96.2 Å². The van der Waals surface area contributed by atoms with Crippen molar-refractivity contribution in [3.8, 4) is 5.75 Å². The molecule has 0 saturated heterocycles. The van der Waals surface area contributed by atoms with Crippen molar-refractivity contribution < 1.29 is 14.3 Å². The Bertz CT molecular complexity index is 1450. The quantitative estimate of drug-likeness (QED) is 0.505. The Morgan fingerprint density at radius 2 is 1.77 bits per heavy atom. The monoisotopic (exact) mass is 490 g/mol. The number of benzene rings is 2. The summed E-state index contributed by atoms with van der Waals surface area (Å²) < 4.78 is 12.8. The molecule has 1 aliphatic heterocycles. The predicted molar refractivity (Wildman–Crippen MR) is 139 cm³/mol. The highest BCUT2D eigenvalue weighted by molar-refractivity contribution is 7.07. The lowest BCUT2D eigenvalue weighted by molar-refractivity contribution is -0.139. The Morgan fingerprint density at radius 1 is 1.11 bits per heavy atom. The highest BCUT2D eigenvalue weighted by Crippen LogP contribution is 2.31. The van der Waals surface area contributed by atoms with Crippen molar-refractivity contribution in [3.63, 3.8) is 0 Å². The minimum Gasteiger partial charge on any atom is -0.497 e. The van der Waals surface area contributed by atoms with E-state index in [4.69, 9.17) is 9.47 Å². The number of carbonyl (C=O) groups excluding carboxylic acids is 1. The van der Waals surface area contributed by atoms with E-state index in [1.807, 2.05) is 42.5 Å². The van der Waals surface area contributed by atoms with Crippen LogP contribution >= 0.6 is 11.3 Å². The summed E-state index contributed by atoms with van der Waals surface area (Å²) >= 11 is 1.32. The normalized spacial score (nSPS) is 16.1. The minimum atomic E-state index is -0.637. The fourth-order valence-electron chi connectivity index (χ4n) is 4.12. The number of esters is 1. The summed E-state index contributed by atoms with van der Waals surface area (Å²) in [4.78, 5) is 31.8. The van der Waals surface area contributed by atoms with Gasteiger partial charge in [0, 0.05) is 0 Å². The zero-order valence-corrected chi connectivity index (χ0v) is 21.7. The maximum absolute atomic E-state index is 13.7. The zero-order chi connectivity index (χ0) is 25.3. The van der Waals surface area contributed by atoms with Gasteiger partial charge in [-0.25, -0.2) is 9.79 Å². The van der Waals surface area contributed by atoms with E-state index >= 15 is 0 Å². The van der Waals surface area contributed by atoms with Gasteiger partial charge in [0.2, 0.25) is 0 Å². The van der Waals surface area contributed by atoms with E-state index in [1.165, 1.54) is 16.9 Å². The minimum absolute atomic E-state index is 0.0528. The first kappa shape index (κ1) is 24.7. The molecular formula is C28H30N2O4S. The first-order chi connectivity index (χ1) is 16.6. The highest BCUT2D eigenvalue weighted by atomic mass is 32.1. The number of rotatable bonds is 5. The van der Waals surface area contributed by atoms with Gasteiger partial charge in [0.15, 0.2) is 4.80 Å². The summed E-state index contributed by atoms with van der Waals surface area (Å²) in [6, 6.07) is 15.0. The number of nitrogens with zero attached hydrogens (tertiary/aromatic N) is 2. The van der Waals surface area contributed by atoms with Crippen molar-refractivity contribution in [1.29, 1.82) is 0 Å². The molecule has 0 bridgehead atoms. The molecule has 2 aromatic carbocycles.